The maximum atomic E-state index is 12.8. The predicted octanol–water partition coefficient (Wildman–Crippen LogP) is 0.626. The number of imidazole rings is 1. The van der Waals surface area contributed by atoms with Crippen LogP contribution in [-0.4, -0.2) is 68.5 Å². The molecule has 0 spiro atoms. The minimum atomic E-state index is -0.514. The molecule has 0 saturated carbocycles. The molecule has 0 atom stereocenters. The minimum Gasteiger partial charge on any atom is -0.497 e. The zero-order valence-corrected chi connectivity index (χ0v) is 18.4. The Bertz CT molecular complexity index is 1210. The van der Waals surface area contributed by atoms with Crippen LogP contribution in [0.3, 0.4) is 0 Å². The SMILES string of the molecule is COc1ccc(CN2CCCN(C(=O)CCc3nc4c([nH]3)c(=O)[nH]c(=O)n4C)CC2)cc1. The Morgan fingerprint density at radius 1 is 1.09 bits per heavy atom. The third kappa shape index (κ3) is 4.75. The van der Waals surface area contributed by atoms with Crippen LogP contribution >= 0.6 is 0 Å². The van der Waals surface area contributed by atoms with Gasteiger partial charge in [-0.15, -0.1) is 0 Å². The number of fused-ring (bicyclic) bond motifs is 1. The number of amides is 1. The highest BCUT2D eigenvalue weighted by Crippen LogP contribution is 2.15. The maximum Gasteiger partial charge on any atom is 0.329 e. The number of aromatic amines is 2. The summed E-state index contributed by atoms with van der Waals surface area (Å²) in [4.78, 5) is 50.3. The van der Waals surface area contributed by atoms with Gasteiger partial charge in [-0.1, -0.05) is 12.1 Å². The molecule has 10 nitrogen and oxygen atoms in total. The van der Waals surface area contributed by atoms with Crippen LogP contribution in [0.1, 0.15) is 24.2 Å². The van der Waals surface area contributed by atoms with Crippen LogP contribution in [-0.2, 0) is 24.8 Å². The zero-order valence-electron chi connectivity index (χ0n) is 18.4. The Hall–Kier alpha value is -3.40. The number of carbonyl (C=O) groups is 1. The van der Waals surface area contributed by atoms with Gasteiger partial charge in [0.15, 0.2) is 5.65 Å². The molecule has 1 amide bonds. The number of hydrogen-bond acceptors (Lipinski definition) is 6. The molecule has 3 heterocycles. The maximum absolute atomic E-state index is 12.8. The third-order valence-electron chi connectivity index (χ3n) is 5.89. The van der Waals surface area contributed by atoms with Crippen molar-refractivity contribution in [2.45, 2.75) is 25.8 Å². The summed E-state index contributed by atoms with van der Waals surface area (Å²) < 4.78 is 6.49. The van der Waals surface area contributed by atoms with Gasteiger partial charge in [-0.3, -0.25) is 24.0 Å². The van der Waals surface area contributed by atoms with Crippen LogP contribution < -0.4 is 16.0 Å². The Labute approximate surface area is 184 Å². The molecule has 32 heavy (non-hydrogen) atoms. The molecular weight excluding hydrogens is 412 g/mol. The first-order valence-electron chi connectivity index (χ1n) is 10.8. The summed E-state index contributed by atoms with van der Waals surface area (Å²) in [5.74, 6) is 1.44. The molecule has 1 aliphatic rings. The largest absolute Gasteiger partial charge is 0.497 e. The molecule has 1 aliphatic heterocycles. The second kappa shape index (κ2) is 9.39. The lowest BCUT2D eigenvalue weighted by Crippen LogP contribution is -2.35. The number of H-pyrrole nitrogens is 2. The number of aryl methyl sites for hydroxylation is 2. The van der Waals surface area contributed by atoms with Crippen molar-refractivity contribution in [2.75, 3.05) is 33.3 Å². The second-order valence-corrected chi connectivity index (χ2v) is 8.06. The normalized spacial score (nSPS) is 15.1. The fourth-order valence-corrected chi connectivity index (χ4v) is 4.02. The summed E-state index contributed by atoms with van der Waals surface area (Å²) in [6.45, 7) is 4.02. The van der Waals surface area contributed by atoms with Gasteiger partial charge in [-0.05, 0) is 24.1 Å². The topological polar surface area (TPSA) is 116 Å². The zero-order chi connectivity index (χ0) is 22.7. The fraction of sp³-hybridized carbons (Fsp3) is 0.455. The lowest BCUT2D eigenvalue weighted by molar-refractivity contribution is -0.131. The molecule has 1 fully saturated rings. The number of carbonyl (C=O) groups excluding carboxylic acids is 1. The highest BCUT2D eigenvalue weighted by molar-refractivity contribution is 5.76. The Morgan fingerprint density at radius 3 is 2.62 bits per heavy atom. The van der Waals surface area contributed by atoms with Crippen LogP contribution in [0.15, 0.2) is 33.9 Å². The van der Waals surface area contributed by atoms with E-state index in [1.54, 1.807) is 14.2 Å². The average molecular weight is 441 g/mol. The van der Waals surface area contributed by atoms with Crippen LogP contribution in [0.25, 0.3) is 11.2 Å². The van der Waals surface area contributed by atoms with Crippen molar-refractivity contribution in [3.63, 3.8) is 0 Å². The second-order valence-electron chi connectivity index (χ2n) is 8.06. The Kier molecular flexibility index (Phi) is 6.40. The van der Waals surface area contributed by atoms with Crippen LogP contribution in [0, 0.1) is 0 Å². The Balaban J connectivity index is 1.32. The first-order chi connectivity index (χ1) is 15.4. The van der Waals surface area contributed by atoms with E-state index in [0.717, 1.165) is 38.3 Å². The highest BCUT2D eigenvalue weighted by Gasteiger charge is 2.20. The molecular formula is C22H28N6O4. The third-order valence-corrected chi connectivity index (χ3v) is 5.89. The number of aromatic nitrogens is 4. The molecule has 0 radical (unpaired) electrons. The van der Waals surface area contributed by atoms with Gasteiger partial charge in [0.25, 0.3) is 5.56 Å². The van der Waals surface area contributed by atoms with Gasteiger partial charge in [-0.25, -0.2) is 9.78 Å². The number of rotatable bonds is 6. The smallest absolute Gasteiger partial charge is 0.329 e. The van der Waals surface area contributed by atoms with Crippen molar-refractivity contribution >= 4 is 17.1 Å². The Morgan fingerprint density at radius 2 is 1.88 bits per heavy atom. The van der Waals surface area contributed by atoms with Crippen molar-refractivity contribution in [1.29, 1.82) is 0 Å². The molecule has 1 aromatic carbocycles. The van der Waals surface area contributed by atoms with Gasteiger partial charge in [0.1, 0.15) is 17.1 Å². The summed E-state index contributed by atoms with van der Waals surface area (Å²) in [6.07, 6.45) is 1.60. The van der Waals surface area contributed by atoms with E-state index in [2.05, 4.69) is 32.0 Å². The van der Waals surface area contributed by atoms with E-state index in [0.29, 0.717) is 30.9 Å². The molecule has 1 saturated heterocycles. The van der Waals surface area contributed by atoms with Crippen molar-refractivity contribution in [3.05, 3.63) is 56.5 Å². The lowest BCUT2D eigenvalue weighted by atomic mass is 10.2. The van der Waals surface area contributed by atoms with Crippen LogP contribution in [0.4, 0.5) is 0 Å². The van der Waals surface area contributed by atoms with Crippen LogP contribution in [0.5, 0.6) is 5.75 Å². The molecule has 0 bridgehead atoms. The summed E-state index contributed by atoms with van der Waals surface area (Å²) in [6, 6.07) is 8.07. The van der Waals surface area contributed by atoms with E-state index in [1.807, 2.05) is 17.0 Å². The molecule has 0 aliphatic carbocycles. The summed E-state index contributed by atoms with van der Waals surface area (Å²) in [5.41, 5.74) is 0.751. The van der Waals surface area contributed by atoms with E-state index in [1.165, 1.54) is 10.1 Å². The number of benzene rings is 1. The van der Waals surface area contributed by atoms with E-state index in [9.17, 15) is 14.4 Å². The van der Waals surface area contributed by atoms with Crippen molar-refractivity contribution in [2.24, 2.45) is 7.05 Å². The monoisotopic (exact) mass is 440 g/mol. The van der Waals surface area contributed by atoms with Crippen molar-refractivity contribution < 1.29 is 9.53 Å². The molecule has 2 N–H and O–H groups in total. The predicted molar refractivity (Wildman–Crippen MR) is 120 cm³/mol. The fourth-order valence-electron chi connectivity index (χ4n) is 4.02. The van der Waals surface area contributed by atoms with E-state index < -0.39 is 11.2 Å². The van der Waals surface area contributed by atoms with Gasteiger partial charge in [0, 0.05) is 52.6 Å². The number of hydrogen-bond donors (Lipinski definition) is 2. The average Bonchev–Trinajstić information content (AvgIpc) is 3.10. The first-order valence-corrected chi connectivity index (χ1v) is 10.8. The molecule has 170 valence electrons. The number of methoxy groups -OCH3 is 1. The molecule has 0 unspecified atom stereocenters. The van der Waals surface area contributed by atoms with E-state index >= 15 is 0 Å². The standard InChI is InChI=1S/C22H28N6O4/c1-26-20-19(21(30)25-22(26)31)23-17(24-20)8-9-18(29)28-11-3-10-27(12-13-28)14-15-4-6-16(32-2)7-5-15/h4-7H,3,8-14H2,1-2H3,(H,23,24)(H,25,30,31). The van der Waals surface area contributed by atoms with Gasteiger partial charge in [0.2, 0.25) is 5.91 Å². The number of ether oxygens (including phenoxy) is 1. The van der Waals surface area contributed by atoms with Gasteiger partial charge in [0.05, 0.1) is 7.11 Å². The molecule has 2 aromatic heterocycles. The van der Waals surface area contributed by atoms with Crippen molar-refractivity contribution in [3.8, 4) is 5.75 Å². The van der Waals surface area contributed by atoms with Gasteiger partial charge in [-0.2, -0.15) is 0 Å². The lowest BCUT2D eigenvalue weighted by Gasteiger charge is -2.22. The van der Waals surface area contributed by atoms with Gasteiger partial charge >= 0.3 is 5.69 Å². The number of nitrogens with one attached hydrogen (secondary N) is 2. The van der Waals surface area contributed by atoms with Crippen LogP contribution in [0.2, 0.25) is 0 Å². The highest BCUT2D eigenvalue weighted by atomic mass is 16.5. The molecule has 10 heteroatoms. The summed E-state index contributed by atoms with van der Waals surface area (Å²) >= 11 is 0. The van der Waals surface area contributed by atoms with E-state index in [4.69, 9.17) is 4.74 Å². The molecule has 4 rings (SSSR count). The first kappa shape index (κ1) is 21.8. The quantitative estimate of drug-likeness (QED) is 0.581. The van der Waals surface area contributed by atoms with E-state index in [-0.39, 0.29) is 11.4 Å². The summed E-state index contributed by atoms with van der Waals surface area (Å²) in [5, 5.41) is 0. The summed E-state index contributed by atoms with van der Waals surface area (Å²) in [7, 11) is 3.21. The number of nitrogens with zero attached hydrogens (tertiary/aromatic N) is 4. The van der Waals surface area contributed by atoms with Crippen molar-refractivity contribution in [1.82, 2.24) is 29.3 Å². The van der Waals surface area contributed by atoms with Gasteiger partial charge < -0.3 is 14.6 Å². The molecule has 3 aromatic rings. The minimum absolute atomic E-state index is 0.0690.